The molecule has 0 amide bonds. The number of esters is 1. The molecule has 1 aliphatic carbocycles. The Kier molecular flexibility index (Phi) is 6.43. The quantitative estimate of drug-likeness (QED) is 0.482. The van der Waals surface area contributed by atoms with Crippen molar-refractivity contribution < 1.29 is 14.3 Å². The Morgan fingerprint density at radius 2 is 2.04 bits per heavy atom. The topological polar surface area (TPSA) is 47.9 Å². The highest BCUT2D eigenvalue weighted by Gasteiger charge is 2.11. The fourth-order valence-electron chi connectivity index (χ4n) is 2.20. The van der Waals surface area contributed by atoms with E-state index in [0.717, 1.165) is 30.6 Å². The average Bonchev–Trinajstić information content (AvgIpc) is 2.60. The van der Waals surface area contributed by atoms with Gasteiger partial charge in [-0.15, -0.1) is 0 Å². The highest BCUT2D eigenvalue weighted by atomic mass is 16.5. The van der Waals surface area contributed by atoms with Gasteiger partial charge >= 0.3 is 5.97 Å². The van der Waals surface area contributed by atoms with Crippen molar-refractivity contribution in [3.8, 4) is 17.6 Å². The van der Waals surface area contributed by atoms with E-state index in [9.17, 15) is 4.79 Å². The summed E-state index contributed by atoms with van der Waals surface area (Å²) in [7, 11) is 1.60. The number of rotatable bonds is 4. The molecule has 23 heavy (non-hydrogen) atoms. The number of carbonyl (C=O) groups is 1. The molecule has 0 unspecified atom stereocenters. The lowest BCUT2D eigenvalue weighted by molar-refractivity contribution is -0.134. The zero-order valence-corrected chi connectivity index (χ0v) is 13.6. The van der Waals surface area contributed by atoms with Gasteiger partial charge in [-0.25, -0.2) is 9.79 Å². The predicted octanol–water partition coefficient (Wildman–Crippen LogP) is 3.83. The lowest BCUT2D eigenvalue weighted by Gasteiger charge is -2.06. The molecule has 4 heteroatoms. The molecule has 0 aliphatic heterocycles. The van der Waals surface area contributed by atoms with Crippen molar-refractivity contribution in [3.63, 3.8) is 0 Å². The molecule has 2 rings (SSSR count). The van der Waals surface area contributed by atoms with Gasteiger partial charge in [0.1, 0.15) is 5.75 Å². The number of benzene rings is 1. The summed E-state index contributed by atoms with van der Waals surface area (Å²) in [6.07, 6.45) is 6.49. The average molecular weight is 311 g/mol. The molecule has 0 saturated carbocycles. The van der Waals surface area contributed by atoms with E-state index < -0.39 is 5.97 Å². The number of methoxy groups -OCH3 is 1. The van der Waals surface area contributed by atoms with E-state index in [4.69, 9.17) is 9.47 Å². The summed E-state index contributed by atoms with van der Waals surface area (Å²) in [5, 5.41) is 0. The Morgan fingerprint density at radius 1 is 1.26 bits per heavy atom. The molecule has 0 fully saturated rings. The van der Waals surface area contributed by atoms with Crippen LogP contribution in [0.15, 0.2) is 40.9 Å². The van der Waals surface area contributed by atoms with Gasteiger partial charge in [0.05, 0.1) is 19.4 Å². The molecule has 0 spiro atoms. The summed E-state index contributed by atoms with van der Waals surface area (Å²) in [5.41, 5.74) is 1.84. The number of hydrogen-bond donors (Lipinski definition) is 0. The van der Waals surface area contributed by atoms with E-state index in [1.54, 1.807) is 38.3 Å². The SMILES string of the molecule is CCOC(=O)C(C#CC1=CCCCC1)=Nc1ccc(OC)cc1. The first kappa shape index (κ1) is 16.8. The molecule has 0 heterocycles. The largest absolute Gasteiger partial charge is 0.497 e. The van der Waals surface area contributed by atoms with E-state index in [1.165, 1.54) is 6.42 Å². The van der Waals surface area contributed by atoms with E-state index in [1.807, 2.05) is 0 Å². The van der Waals surface area contributed by atoms with Crippen molar-refractivity contribution in [1.29, 1.82) is 0 Å². The van der Waals surface area contributed by atoms with Gasteiger partial charge in [0.15, 0.2) is 5.71 Å². The summed E-state index contributed by atoms with van der Waals surface area (Å²) >= 11 is 0. The summed E-state index contributed by atoms with van der Waals surface area (Å²) in [6, 6.07) is 7.14. The maximum Gasteiger partial charge on any atom is 0.365 e. The highest BCUT2D eigenvalue weighted by molar-refractivity contribution is 6.44. The number of ether oxygens (including phenoxy) is 2. The van der Waals surface area contributed by atoms with E-state index >= 15 is 0 Å². The second-order valence-corrected chi connectivity index (χ2v) is 5.10. The molecule has 1 aromatic carbocycles. The minimum atomic E-state index is -0.493. The van der Waals surface area contributed by atoms with Crippen molar-refractivity contribution in [1.82, 2.24) is 0 Å². The number of hydrogen-bond acceptors (Lipinski definition) is 4. The van der Waals surface area contributed by atoms with Gasteiger partial charge in [-0.1, -0.05) is 12.0 Å². The number of carbonyl (C=O) groups excluding carboxylic acids is 1. The summed E-state index contributed by atoms with van der Waals surface area (Å²) < 4.78 is 10.2. The third-order valence-corrected chi connectivity index (χ3v) is 3.41. The van der Waals surface area contributed by atoms with Gasteiger partial charge in [-0.3, -0.25) is 0 Å². The number of nitrogens with zero attached hydrogens (tertiary/aromatic N) is 1. The summed E-state index contributed by atoms with van der Waals surface area (Å²) in [5.74, 6) is 6.18. The molecule has 0 atom stereocenters. The van der Waals surface area contributed by atoms with Crippen molar-refractivity contribution in [3.05, 3.63) is 35.9 Å². The fourth-order valence-corrected chi connectivity index (χ4v) is 2.20. The first-order valence-electron chi connectivity index (χ1n) is 7.84. The van der Waals surface area contributed by atoms with E-state index in [2.05, 4.69) is 22.9 Å². The molecule has 1 aromatic rings. The van der Waals surface area contributed by atoms with Crippen molar-refractivity contribution in [2.75, 3.05) is 13.7 Å². The monoisotopic (exact) mass is 311 g/mol. The minimum Gasteiger partial charge on any atom is -0.497 e. The predicted molar refractivity (Wildman–Crippen MR) is 91.0 cm³/mol. The highest BCUT2D eigenvalue weighted by Crippen LogP contribution is 2.18. The van der Waals surface area contributed by atoms with Crippen LogP contribution in [0.4, 0.5) is 5.69 Å². The van der Waals surface area contributed by atoms with Gasteiger partial charge < -0.3 is 9.47 Å². The van der Waals surface area contributed by atoms with Crippen molar-refractivity contribution >= 4 is 17.4 Å². The molecule has 120 valence electrons. The maximum atomic E-state index is 12.0. The zero-order valence-electron chi connectivity index (χ0n) is 13.6. The van der Waals surface area contributed by atoms with Crippen LogP contribution in [0.5, 0.6) is 5.75 Å². The van der Waals surface area contributed by atoms with Crippen LogP contribution < -0.4 is 4.74 Å². The van der Waals surface area contributed by atoms with Crippen LogP contribution >= 0.6 is 0 Å². The Balaban J connectivity index is 2.25. The van der Waals surface area contributed by atoms with Crippen LogP contribution in [0, 0.1) is 11.8 Å². The van der Waals surface area contributed by atoms with Crippen LogP contribution in [0.3, 0.4) is 0 Å². The third-order valence-electron chi connectivity index (χ3n) is 3.41. The van der Waals surface area contributed by atoms with E-state index in [-0.39, 0.29) is 5.71 Å². The van der Waals surface area contributed by atoms with Gasteiger partial charge in [-0.05, 0) is 68.4 Å². The molecule has 0 bridgehead atoms. The molecule has 0 saturated heterocycles. The van der Waals surface area contributed by atoms with Crippen molar-refractivity contribution in [2.24, 2.45) is 4.99 Å². The minimum absolute atomic E-state index is 0.128. The zero-order chi connectivity index (χ0) is 16.5. The second-order valence-electron chi connectivity index (χ2n) is 5.10. The second kappa shape index (κ2) is 8.79. The lowest BCUT2D eigenvalue weighted by atomic mass is 10.00. The Labute approximate surface area is 137 Å². The normalized spacial score (nSPS) is 14.3. The molecule has 0 radical (unpaired) electrons. The molecular weight excluding hydrogens is 290 g/mol. The standard InChI is InChI=1S/C19H21NO3/c1-3-23-19(21)18(14-9-15-7-5-4-6-8-15)20-16-10-12-17(22-2)13-11-16/h7,10-13H,3-6,8H2,1-2H3. The molecule has 0 aromatic heterocycles. The van der Waals surface area contributed by atoms with Crippen LogP contribution in [0.25, 0.3) is 0 Å². The molecule has 1 aliphatic rings. The smallest absolute Gasteiger partial charge is 0.365 e. The van der Waals surface area contributed by atoms with Gasteiger partial charge in [-0.2, -0.15) is 0 Å². The first-order chi connectivity index (χ1) is 11.2. The summed E-state index contributed by atoms with van der Waals surface area (Å²) in [6.45, 7) is 2.06. The first-order valence-corrected chi connectivity index (χ1v) is 7.84. The summed E-state index contributed by atoms with van der Waals surface area (Å²) in [4.78, 5) is 16.4. The van der Waals surface area contributed by atoms with Crippen LogP contribution in [0.1, 0.15) is 32.6 Å². The van der Waals surface area contributed by atoms with Crippen LogP contribution in [-0.4, -0.2) is 25.4 Å². The third kappa shape index (κ3) is 5.30. The molecule has 0 N–H and O–H groups in total. The Morgan fingerprint density at radius 3 is 2.65 bits per heavy atom. The molecular formula is C19H21NO3. The lowest BCUT2D eigenvalue weighted by Crippen LogP contribution is -2.15. The van der Waals surface area contributed by atoms with E-state index in [0.29, 0.717) is 12.3 Å². The van der Waals surface area contributed by atoms with Crippen molar-refractivity contribution in [2.45, 2.75) is 32.6 Å². The number of aliphatic imine (C=N–C) groups is 1. The van der Waals surface area contributed by atoms with Crippen LogP contribution in [0.2, 0.25) is 0 Å². The Hall–Kier alpha value is -2.54. The molecule has 4 nitrogen and oxygen atoms in total. The van der Waals surface area contributed by atoms with Gasteiger partial charge in [0, 0.05) is 0 Å². The Bertz CT molecular complexity index is 660. The van der Waals surface area contributed by atoms with Gasteiger partial charge in [0.25, 0.3) is 0 Å². The fraction of sp³-hybridized carbons (Fsp3) is 0.368. The van der Waals surface area contributed by atoms with Crippen LogP contribution in [-0.2, 0) is 9.53 Å². The maximum absolute atomic E-state index is 12.0. The number of allylic oxidation sites excluding steroid dienone is 2. The van der Waals surface area contributed by atoms with Gasteiger partial charge in [0.2, 0.25) is 0 Å².